The van der Waals surface area contributed by atoms with E-state index in [1.165, 1.54) is 0 Å². The number of aliphatic imine (C=N–C) groups is 1. The second-order valence-corrected chi connectivity index (χ2v) is 10.2. The Morgan fingerprint density at radius 3 is 2.42 bits per heavy atom. The van der Waals surface area contributed by atoms with E-state index < -0.39 is 5.97 Å². The number of ether oxygens (including phenoxy) is 2. The highest BCUT2D eigenvalue weighted by Gasteiger charge is 2.24. The molecule has 0 fully saturated rings. The summed E-state index contributed by atoms with van der Waals surface area (Å²) in [6.45, 7) is 0.374. The normalized spacial score (nSPS) is 14.5. The summed E-state index contributed by atoms with van der Waals surface area (Å²) >= 11 is 14.1. The lowest BCUT2D eigenvalue weighted by Crippen LogP contribution is -2.05. The fourth-order valence-electron chi connectivity index (χ4n) is 2.85. The van der Waals surface area contributed by atoms with Gasteiger partial charge in [-0.1, -0.05) is 45.7 Å². The number of nitrogens with zero attached hydrogens (tertiary/aromatic N) is 1. The highest BCUT2D eigenvalue weighted by Crippen LogP contribution is 2.32. The van der Waals surface area contributed by atoms with Crippen molar-refractivity contribution < 1.29 is 14.3 Å². The van der Waals surface area contributed by atoms with E-state index in [0.717, 1.165) is 34.1 Å². The molecule has 0 N–H and O–H groups in total. The molecule has 1 heterocycles. The molecule has 0 aromatic heterocycles. The molecule has 0 spiro atoms. The number of esters is 1. The van der Waals surface area contributed by atoms with E-state index in [1.807, 2.05) is 60.7 Å². The van der Waals surface area contributed by atoms with Crippen molar-refractivity contribution in [1.82, 2.24) is 0 Å². The van der Waals surface area contributed by atoms with E-state index in [-0.39, 0.29) is 5.70 Å². The molecule has 0 radical (unpaired) electrons. The van der Waals surface area contributed by atoms with Crippen molar-refractivity contribution in [2.45, 2.75) is 6.61 Å². The minimum atomic E-state index is -0.470. The van der Waals surface area contributed by atoms with Crippen molar-refractivity contribution in [2.24, 2.45) is 4.99 Å². The van der Waals surface area contributed by atoms with Gasteiger partial charge in [-0.2, -0.15) is 0 Å². The molecule has 1 aliphatic rings. The van der Waals surface area contributed by atoms with Crippen LogP contribution in [-0.2, 0) is 16.1 Å². The maximum atomic E-state index is 12.3. The predicted octanol–water partition coefficient (Wildman–Crippen LogP) is 7.24. The van der Waals surface area contributed by atoms with Crippen LogP contribution in [0.4, 0.5) is 0 Å². The average molecular weight is 721 g/mol. The van der Waals surface area contributed by atoms with Gasteiger partial charge in [0.1, 0.15) is 12.4 Å². The summed E-state index contributed by atoms with van der Waals surface area (Å²) < 4.78 is 14.2. The summed E-state index contributed by atoms with van der Waals surface area (Å²) in [5, 5.41) is 0.674. The molecule has 0 unspecified atom stereocenters. The van der Waals surface area contributed by atoms with E-state index >= 15 is 0 Å². The molecule has 0 amide bonds. The standard InChI is InChI=1S/C23H13BrClI2NO3/c24-16-7-5-14(6-8-16)22-28-20(23(29)31-22)11-13-9-18(26)21(19(27)10-13)30-12-15-3-1-2-4-17(15)25/h1-11H,12H2/b20-11-. The minimum absolute atomic E-state index is 0.259. The van der Waals surface area contributed by atoms with Crippen LogP contribution in [0, 0.1) is 7.14 Å². The fourth-order valence-corrected chi connectivity index (χ4v) is 5.43. The van der Waals surface area contributed by atoms with Gasteiger partial charge < -0.3 is 9.47 Å². The molecule has 4 nitrogen and oxygen atoms in total. The van der Waals surface area contributed by atoms with Gasteiger partial charge in [0.15, 0.2) is 5.70 Å². The molecular weight excluding hydrogens is 707 g/mol. The van der Waals surface area contributed by atoms with Gasteiger partial charge >= 0.3 is 5.97 Å². The van der Waals surface area contributed by atoms with Crippen molar-refractivity contribution in [3.8, 4) is 5.75 Å². The van der Waals surface area contributed by atoms with Crippen LogP contribution in [0.1, 0.15) is 16.7 Å². The second-order valence-electron chi connectivity index (χ2n) is 6.54. The highest BCUT2D eigenvalue weighted by molar-refractivity contribution is 14.1. The van der Waals surface area contributed by atoms with Gasteiger partial charge in [-0.15, -0.1) is 0 Å². The lowest BCUT2D eigenvalue weighted by Gasteiger charge is -2.12. The number of benzene rings is 3. The van der Waals surface area contributed by atoms with Crippen LogP contribution in [0.3, 0.4) is 0 Å². The van der Waals surface area contributed by atoms with Crippen LogP contribution in [0.2, 0.25) is 5.02 Å². The molecule has 8 heteroatoms. The van der Waals surface area contributed by atoms with Crippen molar-refractivity contribution in [2.75, 3.05) is 0 Å². The molecular formula is C23H13BrClI2NO3. The van der Waals surface area contributed by atoms with E-state index in [9.17, 15) is 4.79 Å². The summed E-state index contributed by atoms with van der Waals surface area (Å²) in [6.07, 6.45) is 1.72. The van der Waals surface area contributed by atoms with Crippen LogP contribution in [0.15, 0.2) is 75.8 Å². The Hall–Kier alpha value is -1.43. The van der Waals surface area contributed by atoms with Gasteiger partial charge in [-0.05, 0) is 99.3 Å². The monoisotopic (exact) mass is 719 g/mol. The van der Waals surface area contributed by atoms with E-state index in [0.29, 0.717) is 17.5 Å². The van der Waals surface area contributed by atoms with Crippen LogP contribution < -0.4 is 4.74 Å². The van der Waals surface area contributed by atoms with E-state index in [1.54, 1.807) is 6.08 Å². The molecule has 0 saturated heterocycles. The molecule has 0 saturated carbocycles. The Labute approximate surface area is 220 Å². The molecule has 31 heavy (non-hydrogen) atoms. The maximum absolute atomic E-state index is 12.3. The highest BCUT2D eigenvalue weighted by atomic mass is 127. The zero-order valence-corrected chi connectivity index (χ0v) is 22.4. The Bertz CT molecular complexity index is 1200. The smallest absolute Gasteiger partial charge is 0.363 e. The zero-order chi connectivity index (χ0) is 22.0. The quantitative estimate of drug-likeness (QED) is 0.159. The number of carbonyl (C=O) groups is 1. The predicted molar refractivity (Wildman–Crippen MR) is 142 cm³/mol. The van der Waals surface area contributed by atoms with E-state index in [4.69, 9.17) is 21.1 Å². The van der Waals surface area contributed by atoms with Gasteiger partial charge in [-0.3, -0.25) is 0 Å². The number of hydrogen-bond donors (Lipinski definition) is 0. The number of hydrogen-bond acceptors (Lipinski definition) is 4. The minimum Gasteiger partial charge on any atom is -0.487 e. The van der Waals surface area contributed by atoms with Gasteiger partial charge in [0, 0.05) is 20.6 Å². The van der Waals surface area contributed by atoms with Crippen LogP contribution in [-0.4, -0.2) is 11.9 Å². The fraction of sp³-hybridized carbons (Fsp3) is 0.0435. The summed E-state index contributed by atoms with van der Waals surface area (Å²) in [5.74, 6) is 0.603. The molecule has 3 aromatic carbocycles. The van der Waals surface area contributed by atoms with Crippen molar-refractivity contribution >= 4 is 90.7 Å². The number of halogens is 4. The lowest BCUT2D eigenvalue weighted by atomic mass is 10.2. The van der Waals surface area contributed by atoms with Gasteiger partial charge in [0.25, 0.3) is 0 Å². The topological polar surface area (TPSA) is 47.9 Å². The van der Waals surface area contributed by atoms with Crippen LogP contribution in [0.5, 0.6) is 5.75 Å². The Balaban J connectivity index is 1.56. The maximum Gasteiger partial charge on any atom is 0.363 e. The summed E-state index contributed by atoms with van der Waals surface area (Å²) in [6, 6.07) is 18.9. The van der Waals surface area contributed by atoms with Crippen LogP contribution in [0.25, 0.3) is 6.08 Å². The van der Waals surface area contributed by atoms with Crippen molar-refractivity contribution in [3.63, 3.8) is 0 Å². The number of carbonyl (C=O) groups excluding carboxylic acids is 1. The summed E-state index contributed by atoms with van der Waals surface area (Å²) in [4.78, 5) is 16.7. The molecule has 0 bridgehead atoms. The molecule has 3 aromatic rings. The second kappa shape index (κ2) is 10.0. The van der Waals surface area contributed by atoms with Gasteiger partial charge in [0.05, 0.1) is 7.14 Å². The number of rotatable bonds is 5. The average Bonchev–Trinajstić information content (AvgIpc) is 3.09. The third kappa shape index (κ3) is 5.50. The van der Waals surface area contributed by atoms with Crippen molar-refractivity contribution in [1.29, 1.82) is 0 Å². The summed E-state index contributed by atoms with van der Waals surface area (Å²) in [5.41, 5.74) is 2.76. The molecule has 156 valence electrons. The zero-order valence-electron chi connectivity index (χ0n) is 15.7. The third-order valence-corrected chi connectivity index (χ3v) is 6.87. The summed E-state index contributed by atoms with van der Waals surface area (Å²) in [7, 11) is 0. The Kier molecular flexibility index (Phi) is 7.35. The first-order valence-corrected chi connectivity index (χ1v) is 12.4. The molecule has 0 aliphatic carbocycles. The van der Waals surface area contributed by atoms with E-state index in [2.05, 4.69) is 66.1 Å². The van der Waals surface area contributed by atoms with Crippen LogP contribution >= 0.6 is 72.7 Å². The lowest BCUT2D eigenvalue weighted by molar-refractivity contribution is -0.129. The van der Waals surface area contributed by atoms with Gasteiger partial charge in [0.2, 0.25) is 5.90 Å². The molecule has 1 aliphatic heterocycles. The first-order chi connectivity index (χ1) is 14.9. The number of cyclic esters (lactones) is 1. The molecule has 4 rings (SSSR count). The molecule has 0 atom stereocenters. The first-order valence-electron chi connectivity index (χ1n) is 9.04. The van der Waals surface area contributed by atoms with Gasteiger partial charge in [-0.25, -0.2) is 9.79 Å². The third-order valence-electron chi connectivity index (χ3n) is 4.37. The first kappa shape index (κ1) is 22.8. The SMILES string of the molecule is O=C1OC(c2ccc(Br)cc2)=N/C1=C\c1cc(I)c(OCc2ccccc2Cl)c(I)c1. The Morgan fingerprint density at radius 2 is 1.74 bits per heavy atom. The largest absolute Gasteiger partial charge is 0.487 e. The Morgan fingerprint density at radius 1 is 1.06 bits per heavy atom. The van der Waals surface area contributed by atoms with Crippen molar-refractivity contribution in [3.05, 3.63) is 99.7 Å².